The van der Waals surface area contributed by atoms with Crippen LogP contribution in [-0.2, 0) is 10.0 Å². The van der Waals surface area contributed by atoms with Gasteiger partial charge >= 0.3 is 0 Å². The zero-order valence-electron chi connectivity index (χ0n) is 16.3. The number of nitrogens with zero attached hydrogens (tertiary/aromatic N) is 1. The van der Waals surface area contributed by atoms with E-state index < -0.39 is 10.0 Å². The third-order valence-corrected chi connectivity index (χ3v) is 6.66. The number of rotatable bonds is 5. The molecule has 0 saturated carbocycles. The van der Waals surface area contributed by atoms with E-state index in [0.717, 1.165) is 21.1 Å². The Balaban J connectivity index is 1.91. The van der Waals surface area contributed by atoms with Crippen LogP contribution in [0.25, 0.3) is 0 Å². The number of amides is 1. The van der Waals surface area contributed by atoms with Gasteiger partial charge in [0.15, 0.2) is 0 Å². The molecule has 0 atom stereocenters. The molecule has 0 spiro atoms. The first-order valence-electron chi connectivity index (χ1n) is 8.92. The highest BCUT2D eigenvalue weighted by molar-refractivity contribution is 7.92. The molecule has 5 nitrogen and oxygen atoms in total. The van der Waals surface area contributed by atoms with Crippen LogP contribution in [0.5, 0.6) is 0 Å². The molecular formula is C22H21ClN2O3S. The zero-order chi connectivity index (χ0) is 21.2. The topological polar surface area (TPSA) is 66.5 Å². The second-order valence-electron chi connectivity index (χ2n) is 6.70. The molecule has 1 amide bonds. The third kappa shape index (κ3) is 4.44. The van der Waals surface area contributed by atoms with Crippen molar-refractivity contribution in [2.45, 2.75) is 18.7 Å². The van der Waals surface area contributed by atoms with Gasteiger partial charge in [-0.25, -0.2) is 8.42 Å². The van der Waals surface area contributed by atoms with Crippen LogP contribution in [0.15, 0.2) is 71.6 Å². The van der Waals surface area contributed by atoms with Gasteiger partial charge in [-0.05, 0) is 61.4 Å². The van der Waals surface area contributed by atoms with Gasteiger partial charge in [0.2, 0.25) is 0 Å². The molecular weight excluding hydrogens is 408 g/mol. The van der Waals surface area contributed by atoms with Crippen LogP contribution in [0, 0.1) is 13.8 Å². The maximum absolute atomic E-state index is 13.0. The Morgan fingerprint density at radius 2 is 1.55 bits per heavy atom. The van der Waals surface area contributed by atoms with Gasteiger partial charge in [-0.3, -0.25) is 9.10 Å². The van der Waals surface area contributed by atoms with Gasteiger partial charge in [0, 0.05) is 23.3 Å². The minimum Gasteiger partial charge on any atom is -0.322 e. The fourth-order valence-electron chi connectivity index (χ4n) is 2.96. The summed E-state index contributed by atoms with van der Waals surface area (Å²) >= 11 is 5.98. The predicted molar refractivity (Wildman–Crippen MR) is 117 cm³/mol. The summed E-state index contributed by atoms with van der Waals surface area (Å²) in [5.41, 5.74) is 3.28. The van der Waals surface area contributed by atoms with Crippen molar-refractivity contribution in [2.75, 3.05) is 16.7 Å². The van der Waals surface area contributed by atoms with E-state index in [2.05, 4.69) is 5.32 Å². The smallest absolute Gasteiger partial charge is 0.264 e. The lowest BCUT2D eigenvalue weighted by molar-refractivity contribution is 0.102. The number of carbonyl (C=O) groups excluding carboxylic acids is 1. The second-order valence-corrected chi connectivity index (χ2v) is 9.11. The maximum atomic E-state index is 13.0. The number of hydrogen-bond acceptors (Lipinski definition) is 3. The summed E-state index contributed by atoms with van der Waals surface area (Å²) in [7, 11) is -2.41. The summed E-state index contributed by atoms with van der Waals surface area (Å²) in [6.07, 6.45) is 0. The highest BCUT2D eigenvalue weighted by Gasteiger charge is 2.23. The molecule has 0 heterocycles. The van der Waals surface area contributed by atoms with Crippen LogP contribution in [0.2, 0.25) is 5.02 Å². The normalized spacial score (nSPS) is 11.2. The van der Waals surface area contributed by atoms with Gasteiger partial charge in [-0.1, -0.05) is 41.9 Å². The van der Waals surface area contributed by atoms with E-state index in [4.69, 9.17) is 11.6 Å². The molecule has 150 valence electrons. The summed E-state index contributed by atoms with van der Waals surface area (Å²) in [6, 6.07) is 18.3. The Hall–Kier alpha value is -2.83. The Morgan fingerprint density at radius 1 is 0.931 bits per heavy atom. The van der Waals surface area contributed by atoms with E-state index in [1.165, 1.54) is 19.2 Å². The van der Waals surface area contributed by atoms with E-state index in [0.29, 0.717) is 10.7 Å². The number of aryl methyl sites for hydroxylation is 2. The van der Waals surface area contributed by atoms with E-state index >= 15 is 0 Å². The molecule has 3 rings (SSSR count). The van der Waals surface area contributed by atoms with Crippen molar-refractivity contribution in [2.24, 2.45) is 0 Å². The first-order chi connectivity index (χ1) is 13.7. The molecule has 0 bridgehead atoms. The first-order valence-corrected chi connectivity index (χ1v) is 10.7. The van der Waals surface area contributed by atoms with Crippen LogP contribution < -0.4 is 9.62 Å². The van der Waals surface area contributed by atoms with Gasteiger partial charge in [-0.15, -0.1) is 0 Å². The van der Waals surface area contributed by atoms with Crippen LogP contribution in [0.3, 0.4) is 0 Å². The minimum absolute atomic E-state index is 0.0223. The highest BCUT2D eigenvalue weighted by atomic mass is 35.5. The molecule has 0 radical (unpaired) electrons. The standard InChI is InChI=1S/C22H21ClN2O3S/c1-15-7-4-8-16(2)21(15)24-22(26)17-9-5-12-20(13-17)29(27,28)25(3)19-11-6-10-18(23)14-19/h4-14H,1-3H3,(H,24,26). The lowest BCUT2D eigenvalue weighted by Gasteiger charge is -2.20. The molecule has 1 N–H and O–H groups in total. The van der Waals surface area contributed by atoms with Crippen molar-refractivity contribution >= 4 is 38.9 Å². The largest absolute Gasteiger partial charge is 0.322 e. The Kier molecular flexibility index (Phi) is 5.96. The van der Waals surface area contributed by atoms with Crippen LogP contribution in [0.1, 0.15) is 21.5 Å². The summed E-state index contributed by atoms with van der Waals surface area (Å²) in [5, 5.41) is 3.31. The Morgan fingerprint density at radius 3 is 2.21 bits per heavy atom. The van der Waals surface area contributed by atoms with E-state index in [-0.39, 0.29) is 16.4 Å². The van der Waals surface area contributed by atoms with Crippen LogP contribution in [-0.4, -0.2) is 21.4 Å². The quantitative estimate of drug-likeness (QED) is 0.619. The average molecular weight is 429 g/mol. The van der Waals surface area contributed by atoms with E-state index in [9.17, 15) is 13.2 Å². The predicted octanol–water partition coefficient (Wildman–Crippen LogP) is 5.03. The average Bonchev–Trinajstić information content (AvgIpc) is 2.70. The molecule has 0 saturated heterocycles. The summed E-state index contributed by atoms with van der Waals surface area (Å²) < 4.78 is 27.2. The number of anilines is 2. The molecule has 0 aromatic heterocycles. The molecule has 0 aliphatic heterocycles. The lowest BCUT2D eigenvalue weighted by atomic mass is 10.1. The van der Waals surface area contributed by atoms with Gasteiger partial charge < -0.3 is 5.32 Å². The number of para-hydroxylation sites is 1. The maximum Gasteiger partial charge on any atom is 0.264 e. The first kappa shape index (κ1) is 20.9. The van der Waals surface area contributed by atoms with Gasteiger partial charge in [0.25, 0.3) is 15.9 Å². The van der Waals surface area contributed by atoms with Crippen molar-refractivity contribution in [3.8, 4) is 0 Å². The van der Waals surface area contributed by atoms with Crippen molar-refractivity contribution in [3.05, 3.63) is 88.4 Å². The summed E-state index contributed by atoms with van der Waals surface area (Å²) in [6.45, 7) is 3.81. The SMILES string of the molecule is Cc1cccc(C)c1NC(=O)c1cccc(S(=O)(=O)N(C)c2cccc(Cl)c2)c1. The molecule has 0 aliphatic rings. The highest BCUT2D eigenvalue weighted by Crippen LogP contribution is 2.26. The monoisotopic (exact) mass is 428 g/mol. The number of sulfonamides is 1. The summed E-state index contributed by atoms with van der Waals surface area (Å²) in [5.74, 6) is -0.371. The molecule has 3 aromatic rings. The Labute approximate surface area is 176 Å². The van der Waals surface area contributed by atoms with Crippen LogP contribution in [0.4, 0.5) is 11.4 Å². The van der Waals surface area contributed by atoms with Crippen molar-refractivity contribution in [1.29, 1.82) is 0 Å². The fourth-order valence-corrected chi connectivity index (χ4v) is 4.38. The number of halogens is 1. The lowest BCUT2D eigenvalue weighted by Crippen LogP contribution is -2.27. The molecule has 7 heteroatoms. The number of carbonyl (C=O) groups is 1. The van der Waals surface area contributed by atoms with E-state index in [1.54, 1.807) is 36.4 Å². The number of hydrogen-bond donors (Lipinski definition) is 1. The van der Waals surface area contributed by atoms with E-state index in [1.807, 2.05) is 32.0 Å². The summed E-state index contributed by atoms with van der Waals surface area (Å²) in [4.78, 5) is 12.8. The fraction of sp³-hybridized carbons (Fsp3) is 0.136. The molecule has 0 aliphatic carbocycles. The molecule has 0 fully saturated rings. The van der Waals surface area contributed by atoms with Crippen molar-refractivity contribution in [1.82, 2.24) is 0 Å². The zero-order valence-corrected chi connectivity index (χ0v) is 17.9. The molecule has 29 heavy (non-hydrogen) atoms. The van der Waals surface area contributed by atoms with Crippen LogP contribution >= 0.6 is 11.6 Å². The number of benzene rings is 3. The molecule has 3 aromatic carbocycles. The minimum atomic E-state index is -3.86. The second kappa shape index (κ2) is 8.27. The van der Waals surface area contributed by atoms with Crippen molar-refractivity contribution in [3.63, 3.8) is 0 Å². The molecule has 0 unspecified atom stereocenters. The van der Waals surface area contributed by atoms with Gasteiger partial charge in [0.05, 0.1) is 10.6 Å². The van der Waals surface area contributed by atoms with Gasteiger partial charge in [0.1, 0.15) is 0 Å². The Bertz CT molecular complexity index is 1160. The van der Waals surface area contributed by atoms with Gasteiger partial charge in [-0.2, -0.15) is 0 Å². The third-order valence-electron chi connectivity index (χ3n) is 4.65. The number of nitrogens with one attached hydrogen (secondary N) is 1. The van der Waals surface area contributed by atoms with Crippen molar-refractivity contribution < 1.29 is 13.2 Å².